The van der Waals surface area contributed by atoms with E-state index in [0.717, 1.165) is 32.4 Å². The highest BCUT2D eigenvalue weighted by Crippen LogP contribution is 2.52. The third-order valence-corrected chi connectivity index (χ3v) is 11.9. The van der Waals surface area contributed by atoms with Crippen LogP contribution < -0.4 is 9.47 Å². The van der Waals surface area contributed by atoms with Crippen LogP contribution in [0.25, 0.3) is 0 Å². The van der Waals surface area contributed by atoms with Crippen LogP contribution in [0.2, 0.25) is 0 Å². The van der Waals surface area contributed by atoms with E-state index in [0.29, 0.717) is 5.92 Å². The van der Waals surface area contributed by atoms with Crippen LogP contribution in [0.5, 0.6) is 11.5 Å². The smallest absolute Gasteiger partial charge is 0.340 e. The van der Waals surface area contributed by atoms with Crippen LogP contribution >= 0.6 is 0 Å². The van der Waals surface area contributed by atoms with Gasteiger partial charge in [0, 0.05) is 33.3 Å². The van der Waals surface area contributed by atoms with Gasteiger partial charge in [-0.1, -0.05) is 69.7 Å². The van der Waals surface area contributed by atoms with Crippen molar-refractivity contribution in [2.45, 2.75) is 142 Å². The van der Waals surface area contributed by atoms with Crippen LogP contribution in [0.1, 0.15) is 141 Å². The lowest BCUT2D eigenvalue weighted by molar-refractivity contribution is -0.875. The molecular weight excluding hydrogens is 617 g/mol. The number of hydrogen-bond donors (Lipinski definition) is 0. The van der Waals surface area contributed by atoms with Gasteiger partial charge in [0.15, 0.2) is 23.9 Å². The summed E-state index contributed by atoms with van der Waals surface area (Å²) in [5.41, 5.74) is 6.85. The summed E-state index contributed by atoms with van der Waals surface area (Å²) in [4.78, 5) is 0. The Morgan fingerprint density at radius 3 is 1.58 bits per heavy atom. The first-order valence-corrected chi connectivity index (χ1v) is 19.3. The molecule has 5 rings (SSSR count). The van der Waals surface area contributed by atoms with Crippen molar-refractivity contribution in [3.8, 4) is 11.5 Å². The van der Waals surface area contributed by atoms with Crippen molar-refractivity contribution in [3.05, 3.63) is 57.6 Å². The Hall–Kier alpha value is -2.70. The second-order valence-corrected chi connectivity index (χ2v) is 20.8. The predicted octanol–water partition coefficient (Wildman–Crippen LogP) is 8.43. The van der Waals surface area contributed by atoms with Gasteiger partial charge < -0.3 is 18.4 Å². The van der Waals surface area contributed by atoms with E-state index in [2.05, 4.69) is 164 Å². The van der Waals surface area contributed by atoms with Crippen LogP contribution in [-0.2, 0) is 17.3 Å². The molecule has 3 aliphatic rings. The Bertz CT molecular complexity index is 1660. The van der Waals surface area contributed by atoms with Gasteiger partial charge in [0.05, 0.1) is 66.5 Å². The first-order chi connectivity index (χ1) is 22.7. The molecule has 0 aromatic heterocycles. The zero-order chi connectivity index (χ0) is 37.5. The molecule has 1 spiro atoms. The third-order valence-electron chi connectivity index (χ3n) is 11.9. The fourth-order valence-electron chi connectivity index (χ4n) is 8.07. The van der Waals surface area contributed by atoms with Gasteiger partial charge in [0.1, 0.15) is 0 Å². The van der Waals surface area contributed by atoms with Crippen molar-refractivity contribution in [2.24, 2.45) is 0 Å². The molecule has 3 aliphatic heterocycles. The van der Waals surface area contributed by atoms with E-state index in [1.165, 1.54) is 66.6 Å². The zero-order valence-electron chi connectivity index (χ0n) is 35.1. The fourth-order valence-corrected chi connectivity index (χ4v) is 8.07. The van der Waals surface area contributed by atoms with Crippen molar-refractivity contribution < 1.29 is 27.6 Å². The van der Waals surface area contributed by atoms with Crippen molar-refractivity contribution >= 4 is 12.4 Å². The molecular formula is C44H72N4O2+4. The molecule has 0 N–H and O–H groups in total. The highest BCUT2D eigenvalue weighted by atomic mass is 16.7. The molecule has 2 aromatic carbocycles. The minimum atomic E-state index is -1.13. The normalized spacial score (nSPS) is 21.0. The molecule has 1 unspecified atom stereocenters. The number of rotatable bonds is 10. The molecule has 0 saturated carbocycles. The van der Waals surface area contributed by atoms with E-state index >= 15 is 0 Å². The van der Waals surface area contributed by atoms with Crippen LogP contribution in [0.4, 0.5) is 0 Å². The highest BCUT2D eigenvalue weighted by Gasteiger charge is 2.83. The lowest BCUT2D eigenvalue weighted by Gasteiger charge is -2.34. The summed E-state index contributed by atoms with van der Waals surface area (Å²) in [6, 6.07) is 8.50. The SMILES string of the molecule is CCc1cc(C(CCC[N+](C)(C)C)CCC[N+](C)(C)C)cc2c1OC13Oc4c(cc(C(C)(C)C)cc4C(C)(C)C)C=[N+]1C(C)(C)C(C)(C)[N+]3=C2. The molecule has 0 bridgehead atoms. The van der Waals surface area contributed by atoms with Gasteiger partial charge in [0.25, 0.3) is 0 Å². The monoisotopic (exact) mass is 689 g/mol. The first-order valence-electron chi connectivity index (χ1n) is 19.3. The largest absolute Gasteiger partial charge is 0.705 e. The maximum Gasteiger partial charge on any atom is 0.705 e. The average molecular weight is 689 g/mol. The Labute approximate surface area is 306 Å². The van der Waals surface area contributed by atoms with Gasteiger partial charge in [0.2, 0.25) is 11.1 Å². The quantitative estimate of drug-likeness (QED) is 0.185. The summed E-state index contributed by atoms with van der Waals surface area (Å²) in [7, 11) is 13.8. The van der Waals surface area contributed by atoms with E-state index in [9.17, 15) is 0 Å². The molecule has 1 atom stereocenters. The Morgan fingerprint density at radius 1 is 0.660 bits per heavy atom. The van der Waals surface area contributed by atoms with Gasteiger partial charge in [-0.2, -0.15) is 0 Å². The van der Waals surface area contributed by atoms with Crippen LogP contribution in [0.3, 0.4) is 0 Å². The number of quaternary nitrogens is 2. The topological polar surface area (TPSA) is 24.5 Å². The van der Waals surface area contributed by atoms with Gasteiger partial charge in [-0.25, -0.2) is 0 Å². The van der Waals surface area contributed by atoms with Gasteiger partial charge in [-0.15, -0.1) is 0 Å². The molecule has 0 amide bonds. The number of benzene rings is 2. The van der Waals surface area contributed by atoms with E-state index in [1.54, 1.807) is 0 Å². The van der Waals surface area contributed by atoms with E-state index < -0.39 is 6.03 Å². The lowest BCUT2D eigenvalue weighted by Crippen LogP contribution is -2.61. The Kier molecular flexibility index (Phi) is 9.61. The van der Waals surface area contributed by atoms with Crippen LogP contribution in [0, 0.1) is 0 Å². The predicted molar refractivity (Wildman–Crippen MR) is 210 cm³/mol. The van der Waals surface area contributed by atoms with E-state index in [-0.39, 0.29) is 21.9 Å². The first kappa shape index (κ1) is 38.5. The summed E-state index contributed by atoms with van der Waals surface area (Å²) >= 11 is 0. The molecule has 1 fully saturated rings. The minimum Gasteiger partial charge on any atom is -0.340 e. The van der Waals surface area contributed by atoms with Gasteiger partial charge >= 0.3 is 6.03 Å². The van der Waals surface area contributed by atoms with Crippen molar-refractivity contribution in [2.75, 3.05) is 55.4 Å². The number of hydrogen-bond acceptors (Lipinski definition) is 2. The molecule has 0 aliphatic carbocycles. The lowest BCUT2D eigenvalue weighted by atomic mass is 9.78. The minimum absolute atomic E-state index is 0.0151. The molecule has 276 valence electrons. The zero-order valence-corrected chi connectivity index (χ0v) is 35.1. The molecule has 2 aromatic rings. The third kappa shape index (κ3) is 7.05. The summed E-state index contributed by atoms with van der Waals surface area (Å²) < 4.78 is 21.6. The van der Waals surface area contributed by atoms with Crippen LogP contribution in [0.15, 0.2) is 24.3 Å². The molecule has 3 heterocycles. The van der Waals surface area contributed by atoms with E-state index in [4.69, 9.17) is 9.47 Å². The van der Waals surface area contributed by atoms with Crippen molar-refractivity contribution in [3.63, 3.8) is 0 Å². The van der Waals surface area contributed by atoms with Crippen LogP contribution in [-0.4, -0.2) is 103 Å². The van der Waals surface area contributed by atoms with Crippen molar-refractivity contribution in [1.29, 1.82) is 0 Å². The highest BCUT2D eigenvalue weighted by molar-refractivity contribution is 5.85. The summed E-state index contributed by atoms with van der Waals surface area (Å²) in [6.07, 6.45) is 10.5. The number of ether oxygens (including phenoxy) is 2. The molecule has 50 heavy (non-hydrogen) atoms. The van der Waals surface area contributed by atoms with E-state index in [1.807, 2.05) is 0 Å². The maximum absolute atomic E-state index is 7.41. The second-order valence-electron chi connectivity index (χ2n) is 20.8. The Morgan fingerprint density at radius 2 is 1.14 bits per heavy atom. The molecule has 0 radical (unpaired) electrons. The maximum atomic E-state index is 7.41. The number of aryl methyl sites for hydroxylation is 1. The Balaban J connectivity index is 1.66. The fraction of sp³-hybridized carbons (Fsp3) is 0.682. The molecule has 1 saturated heterocycles. The molecule has 6 nitrogen and oxygen atoms in total. The number of fused-ring (bicyclic) bond motifs is 2. The van der Waals surface area contributed by atoms with Gasteiger partial charge in [-0.05, 0) is 77.7 Å². The summed E-state index contributed by atoms with van der Waals surface area (Å²) in [5.74, 6) is 2.41. The van der Waals surface area contributed by atoms with Crippen molar-refractivity contribution in [1.82, 2.24) is 0 Å². The average Bonchev–Trinajstić information content (AvgIpc) is 3.08. The summed E-state index contributed by atoms with van der Waals surface area (Å²) in [6.45, 7) is 27.8. The summed E-state index contributed by atoms with van der Waals surface area (Å²) in [5, 5.41) is 0. The molecule has 6 heteroatoms. The second kappa shape index (κ2) is 12.5. The van der Waals surface area contributed by atoms with Gasteiger partial charge in [-0.3, -0.25) is 0 Å². The number of nitrogens with zero attached hydrogens (tertiary/aromatic N) is 4. The standard InChI is InChI=1S/C44H72N4O2/c1-18-31-25-33(32(21-19-23-47(12,13)14)22-20-24-48(15,16)17)26-34-29-45-42(8,9)43(10,11)46-30-35-27-36(40(2,3)4)28-37(41(5,6)7)39(35)50-44(45,46)49-38(31)34/h25-30,32H,18-24H2,1-17H3/q+4.